The number of imidazole rings is 1. The van der Waals surface area contributed by atoms with Crippen LogP contribution in [-0.4, -0.2) is 9.55 Å². The second-order valence-electron chi connectivity index (χ2n) is 3.89. The normalized spacial score (nSPS) is 9.74. The lowest BCUT2D eigenvalue weighted by atomic mass is 10.3. The van der Waals surface area contributed by atoms with Gasteiger partial charge in [-0.15, -0.1) is 24.8 Å². The predicted octanol–water partition coefficient (Wildman–Crippen LogP) is 3.33. The molecule has 3 nitrogen and oxygen atoms in total. The maximum absolute atomic E-state index is 5.77. The maximum Gasteiger partial charge on any atom is 0.128 e. The molecule has 5 heteroatoms. The molecule has 0 saturated carbocycles. The molecule has 0 aliphatic heterocycles. The molecule has 0 radical (unpaired) electrons. The van der Waals surface area contributed by atoms with E-state index in [1.165, 1.54) is 0 Å². The topological polar surface area (TPSA) is 43.8 Å². The first-order chi connectivity index (χ1) is 8.40. The molecule has 3 rings (SSSR count). The number of para-hydroxylation sites is 3. The lowest BCUT2D eigenvalue weighted by Gasteiger charge is -2.07. The zero-order valence-corrected chi connectivity index (χ0v) is 11.8. The van der Waals surface area contributed by atoms with Crippen LogP contribution in [0.2, 0.25) is 0 Å². The van der Waals surface area contributed by atoms with E-state index in [0.29, 0.717) is 6.54 Å². The van der Waals surface area contributed by atoms with Crippen LogP contribution in [0.3, 0.4) is 0 Å². The molecule has 0 saturated heterocycles. The van der Waals surface area contributed by atoms with E-state index in [1.54, 1.807) is 0 Å². The Morgan fingerprint density at radius 2 is 1.53 bits per heavy atom. The molecule has 19 heavy (non-hydrogen) atoms. The third-order valence-electron chi connectivity index (χ3n) is 2.83. The Kier molecular flexibility index (Phi) is 5.36. The first-order valence-corrected chi connectivity index (χ1v) is 5.62. The monoisotopic (exact) mass is 295 g/mol. The fourth-order valence-corrected chi connectivity index (χ4v) is 2.08. The van der Waals surface area contributed by atoms with E-state index in [4.69, 9.17) is 5.73 Å². The quantitative estimate of drug-likeness (QED) is 0.788. The number of nitrogens with two attached hydrogens (primary N) is 1. The summed E-state index contributed by atoms with van der Waals surface area (Å²) in [5, 5.41) is 0. The summed E-state index contributed by atoms with van der Waals surface area (Å²) in [6.45, 7) is 0.434. The third-order valence-corrected chi connectivity index (χ3v) is 2.83. The van der Waals surface area contributed by atoms with Gasteiger partial charge < -0.3 is 5.73 Å². The highest BCUT2D eigenvalue weighted by Gasteiger charge is 2.09. The molecule has 0 aliphatic carbocycles. The van der Waals surface area contributed by atoms with Crippen molar-refractivity contribution in [2.45, 2.75) is 6.54 Å². The van der Waals surface area contributed by atoms with Crippen molar-refractivity contribution in [1.82, 2.24) is 9.55 Å². The zero-order chi connectivity index (χ0) is 11.7. The van der Waals surface area contributed by atoms with E-state index in [0.717, 1.165) is 22.5 Å². The van der Waals surface area contributed by atoms with Gasteiger partial charge in [-0.2, -0.15) is 0 Å². The van der Waals surface area contributed by atoms with Crippen molar-refractivity contribution in [2.24, 2.45) is 5.73 Å². The molecule has 0 atom stereocenters. The van der Waals surface area contributed by atoms with Crippen LogP contribution in [-0.2, 0) is 6.54 Å². The summed E-state index contributed by atoms with van der Waals surface area (Å²) in [7, 11) is 0. The standard InChI is InChI=1S/C14H13N3.2ClH/c15-10-14-16-12-8-4-5-9-13(12)17(14)11-6-2-1-3-7-11;;/h1-9H,10,15H2;2*1H. The van der Waals surface area contributed by atoms with Crippen LogP contribution in [0.25, 0.3) is 16.7 Å². The summed E-state index contributed by atoms with van der Waals surface area (Å²) >= 11 is 0. The van der Waals surface area contributed by atoms with Crippen molar-refractivity contribution < 1.29 is 0 Å². The molecule has 0 bridgehead atoms. The molecule has 100 valence electrons. The van der Waals surface area contributed by atoms with E-state index in [1.807, 2.05) is 36.4 Å². The van der Waals surface area contributed by atoms with Crippen LogP contribution in [0.15, 0.2) is 54.6 Å². The van der Waals surface area contributed by atoms with Crippen LogP contribution in [0.5, 0.6) is 0 Å². The molecule has 0 amide bonds. The lowest BCUT2D eigenvalue weighted by molar-refractivity contribution is 0.882. The van der Waals surface area contributed by atoms with E-state index >= 15 is 0 Å². The second kappa shape index (κ2) is 6.57. The average molecular weight is 296 g/mol. The van der Waals surface area contributed by atoms with Gasteiger partial charge in [-0.05, 0) is 24.3 Å². The van der Waals surface area contributed by atoms with Crippen LogP contribution >= 0.6 is 24.8 Å². The molecule has 3 aromatic rings. The number of rotatable bonds is 2. The Balaban J connectivity index is 0.000000902. The summed E-state index contributed by atoms with van der Waals surface area (Å²) in [5.41, 5.74) is 8.95. The molecule has 0 fully saturated rings. The van der Waals surface area contributed by atoms with Crippen molar-refractivity contribution in [2.75, 3.05) is 0 Å². The molecule has 2 aromatic carbocycles. The molecular weight excluding hydrogens is 281 g/mol. The number of fused-ring (bicyclic) bond motifs is 1. The molecule has 1 heterocycles. The van der Waals surface area contributed by atoms with Gasteiger partial charge in [-0.25, -0.2) is 4.98 Å². The highest BCUT2D eigenvalue weighted by molar-refractivity contribution is 5.85. The van der Waals surface area contributed by atoms with Crippen LogP contribution in [0, 0.1) is 0 Å². The number of benzene rings is 2. The number of hydrogen-bond donors (Lipinski definition) is 1. The van der Waals surface area contributed by atoms with E-state index in [2.05, 4.69) is 27.8 Å². The number of halogens is 2. The van der Waals surface area contributed by atoms with Gasteiger partial charge in [-0.3, -0.25) is 4.57 Å². The van der Waals surface area contributed by atoms with Crippen LogP contribution in [0.1, 0.15) is 5.82 Å². The van der Waals surface area contributed by atoms with E-state index < -0.39 is 0 Å². The predicted molar refractivity (Wildman–Crippen MR) is 83.5 cm³/mol. The zero-order valence-electron chi connectivity index (χ0n) is 10.2. The van der Waals surface area contributed by atoms with Gasteiger partial charge in [0.2, 0.25) is 0 Å². The summed E-state index contributed by atoms with van der Waals surface area (Å²) < 4.78 is 2.11. The van der Waals surface area contributed by atoms with Gasteiger partial charge in [0.1, 0.15) is 5.82 Å². The van der Waals surface area contributed by atoms with Gasteiger partial charge in [0.05, 0.1) is 17.6 Å². The highest BCUT2D eigenvalue weighted by atomic mass is 35.5. The van der Waals surface area contributed by atoms with Gasteiger partial charge in [0.25, 0.3) is 0 Å². The number of nitrogens with zero attached hydrogens (tertiary/aromatic N) is 2. The Morgan fingerprint density at radius 3 is 2.21 bits per heavy atom. The summed E-state index contributed by atoms with van der Waals surface area (Å²) in [6.07, 6.45) is 0. The van der Waals surface area contributed by atoms with Crippen LogP contribution in [0.4, 0.5) is 0 Å². The summed E-state index contributed by atoms with van der Waals surface area (Å²) in [5.74, 6) is 0.886. The van der Waals surface area contributed by atoms with Gasteiger partial charge in [0, 0.05) is 5.69 Å². The molecule has 1 aromatic heterocycles. The Labute approximate surface area is 124 Å². The Bertz CT molecular complexity index is 650. The fourth-order valence-electron chi connectivity index (χ4n) is 2.08. The molecule has 0 aliphatic rings. The average Bonchev–Trinajstić information content (AvgIpc) is 2.78. The second-order valence-corrected chi connectivity index (χ2v) is 3.89. The first kappa shape index (κ1) is 15.5. The van der Waals surface area contributed by atoms with Crippen molar-refractivity contribution >= 4 is 35.8 Å². The molecule has 2 N–H and O–H groups in total. The number of hydrogen-bond acceptors (Lipinski definition) is 2. The van der Waals surface area contributed by atoms with Gasteiger partial charge >= 0.3 is 0 Å². The first-order valence-electron chi connectivity index (χ1n) is 5.62. The van der Waals surface area contributed by atoms with Crippen LogP contribution < -0.4 is 5.73 Å². The van der Waals surface area contributed by atoms with E-state index in [-0.39, 0.29) is 24.8 Å². The highest BCUT2D eigenvalue weighted by Crippen LogP contribution is 2.20. The lowest BCUT2D eigenvalue weighted by Crippen LogP contribution is -2.06. The SMILES string of the molecule is Cl.Cl.NCc1nc2ccccc2n1-c1ccccc1. The summed E-state index contributed by atoms with van der Waals surface area (Å²) in [6, 6.07) is 18.2. The van der Waals surface area contributed by atoms with Gasteiger partial charge in [-0.1, -0.05) is 30.3 Å². The minimum Gasteiger partial charge on any atom is -0.324 e. The minimum absolute atomic E-state index is 0. The maximum atomic E-state index is 5.77. The summed E-state index contributed by atoms with van der Waals surface area (Å²) in [4.78, 5) is 4.55. The third kappa shape index (κ3) is 2.73. The van der Waals surface area contributed by atoms with E-state index in [9.17, 15) is 0 Å². The van der Waals surface area contributed by atoms with Crippen molar-refractivity contribution in [3.05, 3.63) is 60.4 Å². The van der Waals surface area contributed by atoms with Gasteiger partial charge in [0.15, 0.2) is 0 Å². The molecular formula is C14H15Cl2N3. The Morgan fingerprint density at radius 1 is 0.895 bits per heavy atom. The minimum atomic E-state index is 0. The number of aromatic nitrogens is 2. The largest absolute Gasteiger partial charge is 0.324 e. The van der Waals surface area contributed by atoms with Crippen molar-refractivity contribution in [3.8, 4) is 5.69 Å². The van der Waals surface area contributed by atoms with Crippen molar-refractivity contribution in [3.63, 3.8) is 0 Å². The molecule has 0 spiro atoms. The smallest absolute Gasteiger partial charge is 0.128 e. The Hall–Kier alpha value is -1.55. The molecule has 0 unspecified atom stereocenters. The fraction of sp³-hybridized carbons (Fsp3) is 0.0714. The van der Waals surface area contributed by atoms with Crippen molar-refractivity contribution in [1.29, 1.82) is 0 Å².